The fraction of sp³-hybridized carbons (Fsp3) is 0.188. The SMILES string of the molecule is Cc1ccc(OCC(=O)Nc2ccccc2O)cc1C. The first kappa shape index (κ1) is 13.9. The first-order valence-electron chi connectivity index (χ1n) is 6.34. The van der Waals surface area contributed by atoms with E-state index in [1.165, 1.54) is 11.6 Å². The number of aryl methyl sites for hydroxylation is 2. The van der Waals surface area contributed by atoms with Crippen molar-refractivity contribution in [3.8, 4) is 11.5 Å². The molecule has 4 nitrogen and oxygen atoms in total. The highest BCUT2D eigenvalue weighted by Gasteiger charge is 2.07. The molecule has 2 N–H and O–H groups in total. The molecular weight excluding hydrogens is 254 g/mol. The zero-order valence-corrected chi connectivity index (χ0v) is 11.5. The van der Waals surface area contributed by atoms with E-state index >= 15 is 0 Å². The van der Waals surface area contributed by atoms with Gasteiger partial charge in [-0.2, -0.15) is 0 Å². The molecule has 0 bridgehead atoms. The van der Waals surface area contributed by atoms with Gasteiger partial charge in [-0.15, -0.1) is 0 Å². The van der Waals surface area contributed by atoms with E-state index in [-0.39, 0.29) is 18.3 Å². The molecule has 0 unspecified atom stereocenters. The molecule has 0 saturated carbocycles. The molecule has 0 aliphatic heterocycles. The summed E-state index contributed by atoms with van der Waals surface area (Å²) in [7, 11) is 0. The summed E-state index contributed by atoms with van der Waals surface area (Å²) >= 11 is 0. The van der Waals surface area contributed by atoms with Gasteiger partial charge in [0.15, 0.2) is 6.61 Å². The van der Waals surface area contributed by atoms with Crippen LogP contribution in [0.5, 0.6) is 11.5 Å². The third-order valence-corrected chi connectivity index (χ3v) is 3.03. The second-order valence-corrected chi connectivity index (χ2v) is 4.60. The summed E-state index contributed by atoms with van der Waals surface area (Å²) in [6, 6.07) is 12.2. The van der Waals surface area contributed by atoms with Crippen LogP contribution < -0.4 is 10.1 Å². The third-order valence-electron chi connectivity index (χ3n) is 3.03. The summed E-state index contributed by atoms with van der Waals surface area (Å²) in [6.45, 7) is 3.91. The number of hydrogen-bond acceptors (Lipinski definition) is 3. The lowest BCUT2D eigenvalue weighted by Crippen LogP contribution is -2.20. The van der Waals surface area contributed by atoms with Crippen LogP contribution in [-0.4, -0.2) is 17.6 Å². The van der Waals surface area contributed by atoms with E-state index in [1.807, 2.05) is 32.0 Å². The van der Waals surface area contributed by atoms with Gasteiger partial charge >= 0.3 is 0 Å². The molecule has 0 spiro atoms. The van der Waals surface area contributed by atoms with Crippen molar-refractivity contribution in [3.63, 3.8) is 0 Å². The van der Waals surface area contributed by atoms with Gasteiger partial charge in [0.2, 0.25) is 0 Å². The first-order valence-corrected chi connectivity index (χ1v) is 6.34. The zero-order valence-electron chi connectivity index (χ0n) is 11.5. The summed E-state index contributed by atoms with van der Waals surface area (Å²) < 4.78 is 5.42. The van der Waals surface area contributed by atoms with Gasteiger partial charge in [0.05, 0.1) is 5.69 Å². The van der Waals surface area contributed by atoms with E-state index in [4.69, 9.17) is 4.74 Å². The standard InChI is InChI=1S/C16H17NO3/c1-11-7-8-13(9-12(11)2)20-10-16(19)17-14-5-3-4-6-15(14)18/h3-9,18H,10H2,1-2H3,(H,17,19). The average Bonchev–Trinajstić information content (AvgIpc) is 2.43. The van der Waals surface area contributed by atoms with Crippen LogP contribution in [-0.2, 0) is 4.79 Å². The Kier molecular flexibility index (Phi) is 4.25. The molecule has 0 aromatic heterocycles. The van der Waals surface area contributed by atoms with Crippen LogP contribution in [0.3, 0.4) is 0 Å². The Hall–Kier alpha value is -2.49. The van der Waals surface area contributed by atoms with Crippen LogP contribution in [0, 0.1) is 13.8 Å². The Morgan fingerprint density at radius 2 is 1.90 bits per heavy atom. The topological polar surface area (TPSA) is 58.6 Å². The molecule has 0 fully saturated rings. The number of anilines is 1. The molecule has 0 atom stereocenters. The van der Waals surface area contributed by atoms with Crippen molar-refractivity contribution < 1.29 is 14.6 Å². The van der Waals surface area contributed by atoms with Crippen LogP contribution in [0.15, 0.2) is 42.5 Å². The number of amides is 1. The number of nitrogens with one attached hydrogen (secondary N) is 1. The summed E-state index contributed by atoms with van der Waals surface area (Å²) in [5, 5.41) is 12.1. The maximum atomic E-state index is 11.7. The quantitative estimate of drug-likeness (QED) is 0.840. The molecule has 0 aliphatic rings. The largest absolute Gasteiger partial charge is 0.506 e. The molecule has 0 heterocycles. The van der Waals surface area contributed by atoms with E-state index < -0.39 is 0 Å². The van der Waals surface area contributed by atoms with E-state index in [1.54, 1.807) is 18.2 Å². The van der Waals surface area contributed by atoms with E-state index in [0.29, 0.717) is 11.4 Å². The van der Waals surface area contributed by atoms with Crippen LogP contribution >= 0.6 is 0 Å². The second kappa shape index (κ2) is 6.10. The molecular formula is C16H17NO3. The summed E-state index contributed by atoms with van der Waals surface area (Å²) in [4.78, 5) is 11.7. The van der Waals surface area contributed by atoms with Crippen molar-refractivity contribution in [1.29, 1.82) is 0 Å². The minimum Gasteiger partial charge on any atom is -0.506 e. The minimum absolute atomic E-state index is 0.0343. The summed E-state index contributed by atoms with van der Waals surface area (Å²) in [5.41, 5.74) is 2.67. The molecule has 2 aromatic carbocycles. The van der Waals surface area contributed by atoms with Gasteiger partial charge < -0.3 is 15.2 Å². The lowest BCUT2D eigenvalue weighted by atomic mass is 10.1. The van der Waals surface area contributed by atoms with E-state index in [0.717, 1.165) is 5.56 Å². The van der Waals surface area contributed by atoms with Crippen molar-refractivity contribution in [2.45, 2.75) is 13.8 Å². The van der Waals surface area contributed by atoms with Crippen molar-refractivity contribution in [1.82, 2.24) is 0 Å². The van der Waals surface area contributed by atoms with Crippen molar-refractivity contribution in [2.75, 3.05) is 11.9 Å². The Labute approximate surface area is 118 Å². The molecule has 0 aliphatic carbocycles. The lowest BCUT2D eigenvalue weighted by Gasteiger charge is -2.09. The molecule has 2 aromatic rings. The lowest BCUT2D eigenvalue weighted by molar-refractivity contribution is -0.118. The first-order chi connectivity index (χ1) is 9.56. The highest BCUT2D eigenvalue weighted by molar-refractivity contribution is 5.93. The predicted octanol–water partition coefficient (Wildman–Crippen LogP) is 3.03. The molecule has 0 radical (unpaired) electrons. The number of hydrogen-bond donors (Lipinski definition) is 2. The Balaban J connectivity index is 1.92. The van der Waals surface area contributed by atoms with Crippen molar-refractivity contribution >= 4 is 11.6 Å². The van der Waals surface area contributed by atoms with Crippen molar-refractivity contribution in [3.05, 3.63) is 53.6 Å². The highest BCUT2D eigenvalue weighted by atomic mass is 16.5. The molecule has 2 rings (SSSR count). The molecule has 20 heavy (non-hydrogen) atoms. The van der Waals surface area contributed by atoms with E-state index in [2.05, 4.69) is 5.32 Å². The fourth-order valence-corrected chi connectivity index (χ4v) is 1.72. The van der Waals surface area contributed by atoms with Crippen LogP contribution in [0.1, 0.15) is 11.1 Å². The maximum Gasteiger partial charge on any atom is 0.262 e. The van der Waals surface area contributed by atoms with Crippen molar-refractivity contribution in [2.24, 2.45) is 0 Å². The number of phenols is 1. The average molecular weight is 271 g/mol. The number of rotatable bonds is 4. The van der Waals surface area contributed by atoms with Gasteiger partial charge in [-0.25, -0.2) is 0 Å². The highest BCUT2D eigenvalue weighted by Crippen LogP contribution is 2.21. The predicted molar refractivity (Wildman–Crippen MR) is 78.1 cm³/mol. The van der Waals surface area contributed by atoms with Gasteiger partial charge in [-0.05, 0) is 49.2 Å². The third kappa shape index (κ3) is 3.51. The fourth-order valence-electron chi connectivity index (χ4n) is 1.72. The number of para-hydroxylation sites is 2. The normalized spacial score (nSPS) is 10.1. The number of carbonyl (C=O) groups is 1. The second-order valence-electron chi connectivity index (χ2n) is 4.60. The van der Waals surface area contributed by atoms with Crippen LogP contribution in [0.4, 0.5) is 5.69 Å². The molecule has 104 valence electrons. The summed E-state index contributed by atoms with van der Waals surface area (Å²) in [6.07, 6.45) is 0. The summed E-state index contributed by atoms with van der Waals surface area (Å²) in [5.74, 6) is 0.372. The molecule has 1 amide bonds. The molecule has 4 heteroatoms. The smallest absolute Gasteiger partial charge is 0.262 e. The maximum absolute atomic E-state index is 11.7. The number of aromatic hydroxyl groups is 1. The van der Waals surface area contributed by atoms with Gasteiger partial charge in [0.1, 0.15) is 11.5 Å². The Morgan fingerprint density at radius 3 is 2.60 bits per heavy atom. The number of carbonyl (C=O) groups excluding carboxylic acids is 1. The minimum atomic E-state index is -0.315. The van der Waals surface area contributed by atoms with Gasteiger partial charge in [0.25, 0.3) is 5.91 Å². The van der Waals surface area contributed by atoms with E-state index in [9.17, 15) is 9.90 Å². The number of phenolic OH excluding ortho intramolecular Hbond substituents is 1. The number of ether oxygens (including phenoxy) is 1. The van der Waals surface area contributed by atoms with Crippen LogP contribution in [0.25, 0.3) is 0 Å². The van der Waals surface area contributed by atoms with Gasteiger partial charge in [-0.3, -0.25) is 4.79 Å². The number of benzene rings is 2. The Morgan fingerprint density at radius 1 is 1.15 bits per heavy atom. The van der Waals surface area contributed by atoms with Gasteiger partial charge in [0, 0.05) is 0 Å². The van der Waals surface area contributed by atoms with Crippen LogP contribution in [0.2, 0.25) is 0 Å². The van der Waals surface area contributed by atoms with Gasteiger partial charge in [-0.1, -0.05) is 18.2 Å². The zero-order chi connectivity index (χ0) is 14.5. The Bertz CT molecular complexity index is 623. The monoisotopic (exact) mass is 271 g/mol. The molecule has 0 saturated heterocycles.